The predicted octanol–water partition coefficient (Wildman–Crippen LogP) is 2.68. The van der Waals surface area contributed by atoms with Crippen LogP contribution in [0.3, 0.4) is 0 Å². The van der Waals surface area contributed by atoms with Gasteiger partial charge in [-0.15, -0.1) is 6.58 Å². The third-order valence-electron chi connectivity index (χ3n) is 2.95. The average Bonchev–Trinajstić information content (AvgIpc) is 2.42. The van der Waals surface area contributed by atoms with Crippen molar-refractivity contribution in [3.05, 3.63) is 36.4 Å². The Bertz CT molecular complexity index is 458. The molecule has 1 aromatic carbocycles. The summed E-state index contributed by atoms with van der Waals surface area (Å²) in [6.45, 7) is 8.23. The molecule has 0 radical (unpaired) electrons. The molecular formula is C16H24N2O2. The molecule has 20 heavy (non-hydrogen) atoms. The largest absolute Gasteiger partial charge is 0.481 e. The molecule has 0 aliphatic heterocycles. The highest BCUT2D eigenvalue weighted by Crippen LogP contribution is 2.23. The summed E-state index contributed by atoms with van der Waals surface area (Å²) in [5, 5.41) is 2.86. The molecule has 1 atom stereocenters. The third-order valence-corrected chi connectivity index (χ3v) is 2.95. The van der Waals surface area contributed by atoms with Gasteiger partial charge in [0.05, 0.1) is 0 Å². The average molecular weight is 276 g/mol. The number of unbranched alkanes of at least 4 members (excludes halogenated alkanes) is 1. The number of amides is 1. The number of hydrogen-bond donors (Lipinski definition) is 2. The van der Waals surface area contributed by atoms with Crippen LogP contribution in [0.1, 0.15) is 32.3 Å². The Labute approximate surface area is 121 Å². The number of benzene rings is 1. The summed E-state index contributed by atoms with van der Waals surface area (Å²) in [6.07, 6.45) is 3.94. The second-order valence-electron chi connectivity index (χ2n) is 4.76. The first-order valence-corrected chi connectivity index (χ1v) is 7.02. The minimum absolute atomic E-state index is 0.0974. The molecule has 1 unspecified atom stereocenters. The summed E-state index contributed by atoms with van der Waals surface area (Å²) >= 11 is 0. The molecule has 1 amide bonds. The second-order valence-corrected chi connectivity index (χ2v) is 4.76. The highest BCUT2D eigenvalue weighted by Gasteiger charge is 2.15. The molecule has 0 saturated carbocycles. The fourth-order valence-corrected chi connectivity index (χ4v) is 1.81. The van der Waals surface area contributed by atoms with E-state index in [1.54, 1.807) is 25.1 Å². The van der Waals surface area contributed by atoms with Crippen molar-refractivity contribution in [1.29, 1.82) is 0 Å². The predicted molar refractivity (Wildman–Crippen MR) is 82.8 cm³/mol. The van der Waals surface area contributed by atoms with E-state index in [0.29, 0.717) is 24.4 Å². The van der Waals surface area contributed by atoms with Crippen LogP contribution >= 0.6 is 0 Å². The molecule has 0 heterocycles. The Kier molecular flexibility index (Phi) is 6.64. The number of allylic oxidation sites excluding steroid dienone is 1. The quantitative estimate of drug-likeness (QED) is 0.436. The normalized spacial score (nSPS) is 11.7. The Morgan fingerprint density at radius 2 is 2.30 bits per heavy atom. The van der Waals surface area contributed by atoms with Crippen molar-refractivity contribution >= 4 is 11.6 Å². The van der Waals surface area contributed by atoms with E-state index in [1.807, 2.05) is 6.07 Å². The molecule has 1 rings (SSSR count). The van der Waals surface area contributed by atoms with E-state index < -0.39 is 6.10 Å². The van der Waals surface area contributed by atoms with Gasteiger partial charge in [-0.1, -0.05) is 19.4 Å². The van der Waals surface area contributed by atoms with E-state index in [1.165, 1.54) is 0 Å². The Balaban J connectivity index is 2.67. The number of nitrogens with one attached hydrogen (secondary N) is 1. The maximum absolute atomic E-state index is 11.9. The lowest BCUT2D eigenvalue weighted by Crippen LogP contribution is -2.36. The van der Waals surface area contributed by atoms with Crippen LogP contribution < -0.4 is 15.8 Å². The van der Waals surface area contributed by atoms with E-state index in [9.17, 15) is 4.79 Å². The van der Waals surface area contributed by atoms with Crippen molar-refractivity contribution in [2.45, 2.75) is 39.2 Å². The van der Waals surface area contributed by atoms with Crippen LogP contribution in [-0.2, 0) is 11.2 Å². The number of rotatable bonds is 8. The molecule has 3 N–H and O–H groups in total. The highest BCUT2D eigenvalue weighted by molar-refractivity contribution is 5.80. The zero-order chi connectivity index (χ0) is 15.0. The van der Waals surface area contributed by atoms with Crippen molar-refractivity contribution in [3.8, 4) is 5.75 Å². The summed E-state index contributed by atoms with van der Waals surface area (Å²) < 4.78 is 5.73. The van der Waals surface area contributed by atoms with Gasteiger partial charge < -0.3 is 15.8 Å². The fraction of sp³-hybridized carbons (Fsp3) is 0.438. The van der Waals surface area contributed by atoms with Gasteiger partial charge in [-0.25, -0.2) is 0 Å². The van der Waals surface area contributed by atoms with Crippen LogP contribution in [0.15, 0.2) is 30.9 Å². The van der Waals surface area contributed by atoms with Crippen molar-refractivity contribution < 1.29 is 9.53 Å². The van der Waals surface area contributed by atoms with Gasteiger partial charge in [-0.3, -0.25) is 4.79 Å². The molecule has 0 bridgehead atoms. The van der Waals surface area contributed by atoms with Crippen LogP contribution in [0.2, 0.25) is 0 Å². The van der Waals surface area contributed by atoms with Gasteiger partial charge in [0, 0.05) is 12.2 Å². The number of hydrogen-bond acceptors (Lipinski definition) is 3. The first-order valence-electron chi connectivity index (χ1n) is 7.02. The van der Waals surface area contributed by atoms with Crippen LogP contribution in [0.4, 0.5) is 5.69 Å². The third kappa shape index (κ3) is 4.96. The lowest BCUT2D eigenvalue weighted by Gasteiger charge is -2.17. The molecule has 0 saturated heterocycles. The zero-order valence-electron chi connectivity index (χ0n) is 12.3. The molecule has 0 spiro atoms. The van der Waals surface area contributed by atoms with Gasteiger partial charge >= 0.3 is 0 Å². The maximum atomic E-state index is 11.9. The minimum atomic E-state index is -0.529. The number of carbonyl (C=O) groups is 1. The van der Waals surface area contributed by atoms with Gasteiger partial charge in [-0.05, 0) is 43.5 Å². The summed E-state index contributed by atoms with van der Waals surface area (Å²) in [4.78, 5) is 11.9. The zero-order valence-corrected chi connectivity index (χ0v) is 12.3. The molecule has 110 valence electrons. The topological polar surface area (TPSA) is 64.3 Å². The van der Waals surface area contributed by atoms with Crippen molar-refractivity contribution in [2.24, 2.45) is 0 Å². The van der Waals surface area contributed by atoms with Crippen LogP contribution in [0, 0.1) is 0 Å². The molecule has 0 aromatic heterocycles. The van der Waals surface area contributed by atoms with Crippen molar-refractivity contribution in [2.75, 3.05) is 12.3 Å². The highest BCUT2D eigenvalue weighted by atomic mass is 16.5. The van der Waals surface area contributed by atoms with E-state index in [-0.39, 0.29) is 5.91 Å². The minimum Gasteiger partial charge on any atom is -0.481 e. The summed E-state index contributed by atoms with van der Waals surface area (Å²) in [5.74, 6) is 0.581. The van der Waals surface area contributed by atoms with E-state index in [4.69, 9.17) is 10.5 Å². The fourth-order valence-electron chi connectivity index (χ4n) is 1.81. The van der Waals surface area contributed by atoms with Crippen LogP contribution in [0.25, 0.3) is 0 Å². The molecule has 0 fully saturated rings. The SMILES string of the molecule is C=CCc1cc(N)ccc1OC(C)C(=O)NCCCC. The van der Waals surface area contributed by atoms with Crippen molar-refractivity contribution in [1.82, 2.24) is 5.32 Å². The standard InChI is InChI=1S/C16H24N2O2/c1-4-6-10-18-16(19)12(3)20-15-9-8-14(17)11-13(15)7-5-2/h5,8-9,11-12H,2,4,6-7,10,17H2,1,3H3,(H,18,19). The van der Waals surface area contributed by atoms with E-state index in [2.05, 4.69) is 18.8 Å². The van der Waals surface area contributed by atoms with Gasteiger partial charge in [0.15, 0.2) is 6.10 Å². The Morgan fingerprint density at radius 3 is 2.95 bits per heavy atom. The summed E-state index contributed by atoms with van der Waals surface area (Å²) in [6, 6.07) is 5.41. The molecule has 4 heteroatoms. The van der Waals surface area contributed by atoms with Crippen molar-refractivity contribution in [3.63, 3.8) is 0 Å². The molecule has 4 nitrogen and oxygen atoms in total. The van der Waals surface area contributed by atoms with Crippen LogP contribution in [-0.4, -0.2) is 18.6 Å². The molecule has 0 aliphatic carbocycles. The Hall–Kier alpha value is -1.97. The Morgan fingerprint density at radius 1 is 1.55 bits per heavy atom. The second kappa shape index (κ2) is 8.25. The lowest BCUT2D eigenvalue weighted by molar-refractivity contribution is -0.127. The van der Waals surface area contributed by atoms with E-state index >= 15 is 0 Å². The number of nitrogens with two attached hydrogens (primary N) is 1. The first kappa shape index (κ1) is 16.1. The van der Waals surface area contributed by atoms with Gasteiger partial charge in [0.2, 0.25) is 0 Å². The molecule has 1 aromatic rings. The first-order chi connectivity index (χ1) is 9.58. The smallest absolute Gasteiger partial charge is 0.260 e. The van der Waals surface area contributed by atoms with Gasteiger partial charge in [0.1, 0.15) is 5.75 Å². The van der Waals surface area contributed by atoms with E-state index in [0.717, 1.165) is 18.4 Å². The number of nitrogen functional groups attached to an aromatic ring is 1. The lowest BCUT2D eigenvalue weighted by atomic mass is 10.1. The monoisotopic (exact) mass is 276 g/mol. The number of ether oxygens (including phenoxy) is 1. The van der Waals surface area contributed by atoms with Crippen LogP contribution in [0.5, 0.6) is 5.75 Å². The van der Waals surface area contributed by atoms with Gasteiger partial charge in [-0.2, -0.15) is 0 Å². The maximum Gasteiger partial charge on any atom is 0.260 e. The molecular weight excluding hydrogens is 252 g/mol. The number of carbonyl (C=O) groups excluding carboxylic acids is 1. The van der Waals surface area contributed by atoms with Gasteiger partial charge in [0.25, 0.3) is 5.91 Å². The number of anilines is 1. The summed E-state index contributed by atoms with van der Waals surface area (Å²) in [7, 11) is 0. The molecule has 0 aliphatic rings. The summed E-state index contributed by atoms with van der Waals surface area (Å²) in [5.41, 5.74) is 7.37.